The summed E-state index contributed by atoms with van der Waals surface area (Å²) in [4.78, 5) is 16.2. The van der Waals surface area contributed by atoms with Crippen LogP contribution in [0, 0.1) is 6.92 Å². The van der Waals surface area contributed by atoms with E-state index >= 15 is 0 Å². The molecule has 0 fully saturated rings. The number of aliphatic imine (C=N–C) groups is 2. The van der Waals surface area contributed by atoms with Gasteiger partial charge in [-0.1, -0.05) is 248 Å². The van der Waals surface area contributed by atoms with Gasteiger partial charge in [0.2, 0.25) is 0 Å². The fourth-order valence-corrected chi connectivity index (χ4v) is 14.7. The minimum Gasteiger partial charge on any atom is -0.455 e. The molecule has 15 aromatic rings. The van der Waals surface area contributed by atoms with Crippen LogP contribution < -0.4 is 25.1 Å². The van der Waals surface area contributed by atoms with Gasteiger partial charge in [-0.3, -0.25) is 4.99 Å². The Morgan fingerprint density at radius 1 is 0.435 bits per heavy atom. The maximum atomic E-state index is 8.13. The minimum atomic E-state index is -0.147. The lowest BCUT2D eigenvalue weighted by Gasteiger charge is -2.35. The summed E-state index contributed by atoms with van der Waals surface area (Å²) in [6.45, 7) is 2.58. The number of allylic oxidation sites excluding steroid dienone is 2. The second-order valence-electron chi connectivity index (χ2n) is 24.0. The van der Waals surface area contributed by atoms with Crippen molar-refractivity contribution < 1.29 is 8.83 Å². The maximum absolute atomic E-state index is 8.13. The summed E-state index contributed by atoms with van der Waals surface area (Å²) in [5.41, 5.74) is 21.2. The lowest BCUT2D eigenvalue weighted by atomic mass is 9.84. The van der Waals surface area contributed by atoms with Crippen molar-refractivity contribution in [3.8, 4) is 55.6 Å². The van der Waals surface area contributed by atoms with E-state index in [-0.39, 0.29) is 6.04 Å². The van der Waals surface area contributed by atoms with Gasteiger partial charge in [-0.25, -0.2) is 4.99 Å². The predicted octanol–water partition coefficient (Wildman–Crippen LogP) is 20.6. The van der Waals surface area contributed by atoms with E-state index in [9.17, 15) is 0 Å². The number of benzene rings is 13. The van der Waals surface area contributed by atoms with Crippen LogP contribution in [0.4, 0.5) is 28.4 Å². The molecule has 92 heavy (non-hydrogen) atoms. The standard InChI is InChI=1S/C85H57N5O2/c1-54-41-46-64-60(47-54)50-89(73-39-20-19-35-66(64)73)75-49-71-76(59-29-13-5-14-30-59)81(90(61-31-15-6-16-32-61)62-44-42-56(43-45-62)55-23-7-2-8-24-55)72-48-70(58-27-11-4-12-28-58)84-79(69-38-22-40-74(83(69)92-84)88-52-86-51-87-53-88)78(72)80(71)85-77(75)68-37-21-36-67(82(68)91-85)65-34-18-17-33-63(65)57-25-9-3-10-26-57/h2-52,73H,53H2,1H3. The maximum Gasteiger partial charge on any atom is 0.159 e. The van der Waals surface area contributed by atoms with Gasteiger partial charge in [0.1, 0.15) is 29.8 Å². The van der Waals surface area contributed by atoms with E-state index in [4.69, 9.17) is 8.83 Å². The molecule has 7 nitrogen and oxygen atoms in total. The van der Waals surface area contributed by atoms with E-state index in [1.54, 1.807) is 6.34 Å². The number of fused-ring (bicyclic) bond motifs is 13. The average molecular weight is 1180 g/mol. The minimum absolute atomic E-state index is 0.147. The Morgan fingerprint density at radius 2 is 1.04 bits per heavy atom. The molecular weight excluding hydrogens is 1120 g/mol. The van der Waals surface area contributed by atoms with Crippen molar-refractivity contribution in [2.45, 2.75) is 13.0 Å². The van der Waals surface area contributed by atoms with Gasteiger partial charge in [0.15, 0.2) is 5.58 Å². The van der Waals surface area contributed by atoms with Crippen LogP contribution in [-0.4, -0.2) is 25.4 Å². The lowest BCUT2D eigenvalue weighted by Crippen LogP contribution is -2.44. The van der Waals surface area contributed by atoms with Crippen LogP contribution in [-0.2, 0) is 0 Å². The van der Waals surface area contributed by atoms with Gasteiger partial charge in [0.05, 0.1) is 34.8 Å². The Labute approximate surface area is 531 Å². The van der Waals surface area contributed by atoms with Crippen LogP contribution in [0.5, 0.6) is 0 Å². The number of furan rings is 2. The monoisotopic (exact) mass is 1180 g/mol. The molecule has 0 spiro atoms. The van der Waals surface area contributed by atoms with Crippen LogP contribution in [0.15, 0.2) is 310 Å². The molecule has 0 bridgehead atoms. The first-order valence-electron chi connectivity index (χ1n) is 31.4. The predicted molar refractivity (Wildman–Crippen MR) is 385 cm³/mol. The van der Waals surface area contributed by atoms with Crippen molar-refractivity contribution in [1.29, 1.82) is 0 Å². The van der Waals surface area contributed by atoms with Crippen molar-refractivity contribution in [3.63, 3.8) is 0 Å². The number of hydrogen-bond acceptors (Lipinski definition) is 7. The molecule has 2 aliphatic heterocycles. The first-order valence-corrected chi connectivity index (χ1v) is 31.4. The van der Waals surface area contributed by atoms with Crippen LogP contribution in [0.2, 0.25) is 0 Å². The third-order valence-electron chi connectivity index (χ3n) is 18.7. The summed E-state index contributed by atoms with van der Waals surface area (Å²) in [6.07, 6.45) is 14.9. The highest BCUT2D eigenvalue weighted by Crippen LogP contribution is 2.58. The molecule has 7 heteroatoms. The number of anilines is 5. The smallest absolute Gasteiger partial charge is 0.159 e. The highest BCUT2D eigenvalue weighted by Gasteiger charge is 2.34. The molecule has 3 aliphatic rings. The molecule has 1 atom stereocenters. The highest BCUT2D eigenvalue weighted by atomic mass is 16.3. The summed E-state index contributed by atoms with van der Waals surface area (Å²) >= 11 is 0. The van der Waals surface area contributed by atoms with E-state index in [1.165, 1.54) is 16.4 Å². The Kier molecular flexibility index (Phi) is 12.5. The van der Waals surface area contributed by atoms with Crippen LogP contribution >= 0.6 is 0 Å². The van der Waals surface area contributed by atoms with Crippen molar-refractivity contribution in [2.24, 2.45) is 9.98 Å². The van der Waals surface area contributed by atoms with Crippen LogP contribution in [0.1, 0.15) is 5.56 Å². The first-order chi connectivity index (χ1) is 45.6. The summed E-state index contributed by atoms with van der Waals surface area (Å²) in [5.74, 6) is 0. The Bertz CT molecular complexity index is 5730. The summed E-state index contributed by atoms with van der Waals surface area (Å²) in [6, 6.07) is 96.6. The van der Waals surface area contributed by atoms with Crippen molar-refractivity contribution in [3.05, 3.63) is 307 Å². The molecule has 0 radical (unpaired) electrons. The van der Waals surface area contributed by atoms with E-state index in [1.807, 2.05) is 6.34 Å². The second-order valence-corrected chi connectivity index (χ2v) is 24.0. The van der Waals surface area contributed by atoms with E-state index in [2.05, 4.69) is 329 Å². The molecule has 0 amide bonds. The first kappa shape index (κ1) is 53.0. The number of aryl methyl sites for hydroxylation is 1. The zero-order chi connectivity index (χ0) is 60.8. The Morgan fingerprint density at radius 3 is 1.77 bits per heavy atom. The van der Waals surface area contributed by atoms with E-state index in [0.29, 0.717) is 6.67 Å². The van der Waals surface area contributed by atoms with Crippen LogP contribution in [0.25, 0.3) is 133 Å². The molecular formula is C85H57N5O2. The van der Waals surface area contributed by atoms with Crippen molar-refractivity contribution >= 4 is 118 Å². The quantitative estimate of drug-likeness (QED) is 0.128. The second kappa shape index (κ2) is 21.6. The Hall–Kier alpha value is -12.1. The van der Waals surface area contributed by atoms with E-state index in [0.717, 1.165) is 155 Å². The molecule has 0 N–H and O–H groups in total. The Balaban J connectivity index is 1.09. The van der Waals surface area contributed by atoms with Gasteiger partial charge >= 0.3 is 0 Å². The van der Waals surface area contributed by atoms with Crippen molar-refractivity contribution in [1.82, 2.24) is 0 Å². The SMILES string of the molecule is Cc1ccc2c(c1)=CN(c1cc3c(-c4ccccc4)c(N(c4ccccc4)c4ccc(-c5ccccc5)cc4)c4cc(-c5ccccc5)c5oc6c(N7C=NC=NC7)cccc6c5c4c3c3oc4c(-c5ccccc5-c5ccccc5)cccc4c13)C1C=CC=CC=21. The molecule has 434 valence electrons. The summed E-state index contributed by atoms with van der Waals surface area (Å²) in [7, 11) is 0. The van der Waals surface area contributed by atoms with Gasteiger partial charge in [-0.15, -0.1) is 0 Å². The van der Waals surface area contributed by atoms with Gasteiger partial charge in [0.25, 0.3) is 0 Å². The topological polar surface area (TPSA) is 60.7 Å². The lowest BCUT2D eigenvalue weighted by molar-refractivity contribution is 0.669. The molecule has 1 unspecified atom stereocenters. The van der Waals surface area contributed by atoms with Crippen molar-refractivity contribution in [2.75, 3.05) is 21.4 Å². The fraction of sp³-hybridized carbons (Fsp3) is 0.0353. The average Bonchev–Trinajstić information content (AvgIpc) is 1.35. The molecule has 1 aliphatic carbocycles. The van der Waals surface area contributed by atoms with Gasteiger partial charge in [0, 0.05) is 66.6 Å². The summed E-state index contributed by atoms with van der Waals surface area (Å²) < 4.78 is 15.7. The van der Waals surface area contributed by atoms with E-state index < -0.39 is 0 Å². The molecule has 0 saturated carbocycles. The number of para-hydroxylation sites is 3. The number of nitrogens with zero attached hydrogens (tertiary/aromatic N) is 5. The molecule has 2 aromatic heterocycles. The summed E-state index contributed by atoms with van der Waals surface area (Å²) in [5, 5.41) is 10.4. The third-order valence-corrected chi connectivity index (χ3v) is 18.7. The largest absolute Gasteiger partial charge is 0.455 e. The van der Waals surface area contributed by atoms with Gasteiger partial charge in [-0.05, 0) is 116 Å². The molecule has 13 aromatic carbocycles. The highest BCUT2D eigenvalue weighted by molar-refractivity contribution is 6.40. The molecule has 18 rings (SSSR count). The zero-order valence-electron chi connectivity index (χ0n) is 50.3. The fourth-order valence-electron chi connectivity index (χ4n) is 14.7. The molecule has 0 saturated heterocycles. The number of rotatable bonds is 10. The normalized spacial score (nSPS) is 14.3. The third kappa shape index (κ3) is 8.50. The van der Waals surface area contributed by atoms with Crippen LogP contribution in [0.3, 0.4) is 0 Å². The zero-order valence-corrected chi connectivity index (χ0v) is 50.3. The molecule has 4 heterocycles. The van der Waals surface area contributed by atoms with Gasteiger partial charge < -0.3 is 23.5 Å². The van der Waals surface area contributed by atoms with Gasteiger partial charge in [-0.2, -0.15) is 0 Å². The number of hydrogen-bond donors (Lipinski definition) is 0.